The number of para-hydroxylation sites is 2. The molecule has 2 atom stereocenters. The van der Waals surface area contributed by atoms with Crippen LogP contribution in [0.25, 0.3) is 11.3 Å². The van der Waals surface area contributed by atoms with Crippen molar-refractivity contribution >= 4 is 23.0 Å². The Kier molecular flexibility index (Phi) is 4.69. The Morgan fingerprint density at radius 3 is 2.43 bits per heavy atom. The van der Waals surface area contributed by atoms with Crippen molar-refractivity contribution in [3.63, 3.8) is 0 Å². The summed E-state index contributed by atoms with van der Waals surface area (Å²) in [6.07, 6.45) is 1.76. The van der Waals surface area contributed by atoms with Crippen LogP contribution in [0.2, 0.25) is 0 Å². The van der Waals surface area contributed by atoms with Gasteiger partial charge in [-0.25, -0.2) is 0 Å². The molecule has 3 heterocycles. The van der Waals surface area contributed by atoms with E-state index in [0.29, 0.717) is 10.8 Å². The Balaban J connectivity index is 1.62. The van der Waals surface area contributed by atoms with Crippen molar-refractivity contribution in [3.05, 3.63) is 103 Å². The highest BCUT2D eigenvalue weighted by Crippen LogP contribution is 2.45. The highest BCUT2D eigenvalue weighted by Gasteiger charge is 2.43. The average molecular weight is 414 g/mol. The topological polar surface area (TPSA) is 61.5 Å². The fraction of sp³-hybridized carbons (Fsp3) is 0.0833. The van der Waals surface area contributed by atoms with Crippen molar-refractivity contribution in [2.45, 2.75) is 12.1 Å². The summed E-state index contributed by atoms with van der Waals surface area (Å²) in [5.74, 6) is 1.67. The van der Waals surface area contributed by atoms with Crippen molar-refractivity contribution in [2.24, 2.45) is 0 Å². The maximum absolute atomic E-state index is 10.5. The maximum Gasteiger partial charge on any atom is 0.174 e. The second kappa shape index (κ2) is 7.65. The van der Waals surface area contributed by atoms with E-state index in [4.69, 9.17) is 16.6 Å². The number of rotatable bonds is 4. The Hall–Kier alpha value is -3.64. The number of aromatic hydroxyl groups is 1. The van der Waals surface area contributed by atoms with Crippen LogP contribution in [-0.2, 0) is 0 Å². The van der Waals surface area contributed by atoms with Gasteiger partial charge in [0.2, 0.25) is 0 Å². The van der Waals surface area contributed by atoms with E-state index >= 15 is 0 Å². The number of benzene rings is 2. The van der Waals surface area contributed by atoms with Crippen LogP contribution in [0.5, 0.6) is 5.75 Å². The van der Waals surface area contributed by atoms with Crippen LogP contribution in [0.4, 0.5) is 5.69 Å². The lowest BCUT2D eigenvalue weighted by Crippen LogP contribution is -2.29. The van der Waals surface area contributed by atoms with E-state index in [0.717, 1.165) is 22.8 Å². The molecule has 1 aliphatic heterocycles. The molecule has 1 saturated heterocycles. The summed E-state index contributed by atoms with van der Waals surface area (Å²) in [6, 6.07) is 26.3. The van der Waals surface area contributed by atoms with E-state index in [1.165, 1.54) is 0 Å². The molecule has 0 aliphatic carbocycles. The summed E-state index contributed by atoms with van der Waals surface area (Å²) in [7, 11) is 0. The van der Waals surface area contributed by atoms with Gasteiger partial charge in [-0.05, 0) is 48.6 Å². The molecule has 5 nitrogen and oxygen atoms in total. The molecule has 0 unspecified atom stereocenters. The molecular formula is C24H19N3O2S. The fourth-order valence-corrected chi connectivity index (χ4v) is 4.18. The monoisotopic (exact) mass is 413 g/mol. The van der Waals surface area contributed by atoms with Crippen molar-refractivity contribution in [1.29, 1.82) is 0 Å². The molecular weight excluding hydrogens is 394 g/mol. The van der Waals surface area contributed by atoms with Gasteiger partial charge in [0.1, 0.15) is 23.3 Å². The van der Waals surface area contributed by atoms with Gasteiger partial charge >= 0.3 is 0 Å². The first kappa shape index (κ1) is 18.4. The van der Waals surface area contributed by atoms with Crippen LogP contribution in [0.1, 0.15) is 23.5 Å². The Labute approximate surface area is 179 Å². The second-order valence-corrected chi connectivity index (χ2v) is 7.44. The van der Waals surface area contributed by atoms with Crippen LogP contribution in [0.15, 0.2) is 95.5 Å². The molecule has 148 valence electrons. The maximum atomic E-state index is 10.5. The highest BCUT2D eigenvalue weighted by atomic mass is 32.1. The number of furan rings is 1. The first-order valence-corrected chi connectivity index (χ1v) is 10.1. The number of anilines is 1. The van der Waals surface area contributed by atoms with E-state index in [-0.39, 0.29) is 17.8 Å². The summed E-state index contributed by atoms with van der Waals surface area (Å²) < 4.78 is 6.29. The first-order valence-electron chi connectivity index (χ1n) is 9.66. The van der Waals surface area contributed by atoms with Gasteiger partial charge in [0.25, 0.3) is 0 Å². The number of phenolic OH excluding ortho intramolecular Hbond substituents is 1. The van der Waals surface area contributed by atoms with Gasteiger partial charge in [-0.1, -0.05) is 48.5 Å². The van der Waals surface area contributed by atoms with Gasteiger partial charge in [-0.2, -0.15) is 0 Å². The summed E-state index contributed by atoms with van der Waals surface area (Å²) in [5, 5.41) is 14.4. The Bertz CT molecular complexity index is 1180. The SMILES string of the molecule is Oc1ccccc1N1C(=S)N[C@H](c2ccccn2)[C@@H]1c1ccc(-c2ccccc2)o1. The summed E-state index contributed by atoms with van der Waals surface area (Å²) in [6.45, 7) is 0. The molecule has 0 amide bonds. The lowest BCUT2D eigenvalue weighted by Gasteiger charge is -2.26. The third-order valence-electron chi connectivity index (χ3n) is 5.22. The quantitative estimate of drug-likeness (QED) is 0.447. The van der Waals surface area contributed by atoms with Gasteiger partial charge in [-0.15, -0.1) is 0 Å². The van der Waals surface area contributed by atoms with Gasteiger partial charge in [0.05, 0.1) is 17.4 Å². The van der Waals surface area contributed by atoms with Gasteiger partial charge in [0.15, 0.2) is 5.11 Å². The third kappa shape index (κ3) is 3.21. The van der Waals surface area contributed by atoms with E-state index in [2.05, 4.69) is 10.3 Å². The van der Waals surface area contributed by atoms with Crippen LogP contribution >= 0.6 is 12.2 Å². The van der Waals surface area contributed by atoms with Crippen LogP contribution in [-0.4, -0.2) is 15.2 Å². The number of phenols is 1. The van der Waals surface area contributed by atoms with Gasteiger partial charge < -0.3 is 19.7 Å². The van der Waals surface area contributed by atoms with Crippen LogP contribution in [0, 0.1) is 0 Å². The van der Waals surface area contributed by atoms with E-state index < -0.39 is 0 Å². The van der Waals surface area contributed by atoms with E-state index in [1.54, 1.807) is 18.3 Å². The molecule has 1 fully saturated rings. The molecule has 4 aromatic rings. The second-order valence-electron chi connectivity index (χ2n) is 7.05. The zero-order valence-electron chi connectivity index (χ0n) is 16.0. The molecule has 30 heavy (non-hydrogen) atoms. The molecule has 0 radical (unpaired) electrons. The Morgan fingerprint density at radius 1 is 0.900 bits per heavy atom. The van der Waals surface area contributed by atoms with Gasteiger partial charge in [0, 0.05) is 11.8 Å². The number of aromatic nitrogens is 1. The van der Waals surface area contributed by atoms with Crippen LogP contribution in [0.3, 0.4) is 0 Å². The number of nitrogens with zero attached hydrogens (tertiary/aromatic N) is 2. The van der Waals surface area contributed by atoms with Crippen molar-refractivity contribution in [2.75, 3.05) is 4.90 Å². The summed E-state index contributed by atoms with van der Waals surface area (Å²) in [4.78, 5) is 6.43. The number of hydrogen-bond acceptors (Lipinski definition) is 4. The fourth-order valence-electron chi connectivity index (χ4n) is 3.84. The zero-order valence-corrected chi connectivity index (χ0v) is 16.8. The minimum absolute atomic E-state index is 0.156. The molecule has 2 aromatic carbocycles. The lowest BCUT2D eigenvalue weighted by molar-refractivity contribution is 0.434. The average Bonchev–Trinajstić information content (AvgIpc) is 3.40. The number of pyridine rings is 1. The van der Waals surface area contributed by atoms with E-state index in [9.17, 15) is 5.11 Å². The van der Waals surface area contributed by atoms with Crippen molar-refractivity contribution in [3.8, 4) is 17.1 Å². The van der Waals surface area contributed by atoms with Crippen molar-refractivity contribution < 1.29 is 9.52 Å². The third-order valence-corrected chi connectivity index (χ3v) is 5.53. The normalized spacial score (nSPS) is 18.4. The summed E-state index contributed by atoms with van der Waals surface area (Å²) >= 11 is 5.67. The summed E-state index contributed by atoms with van der Waals surface area (Å²) in [5.41, 5.74) is 2.47. The van der Waals surface area contributed by atoms with Crippen molar-refractivity contribution in [1.82, 2.24) is 10.3 Å². The minimum Gasteiger partial charge on any atom is -0.506 e. The Morgan fingerprint density at radius 2 is 1.67 bits per heavy atom. The molecule has 5 rings (SSSR count). The zero-order chi connectivity index (χ0) is 20.5. The molecule has 2 N–H and O–H groups in total. The smallest absolute Gasteiger partial charge is 0.174 e. The largest absolute Gasteiger partial charge is 0.506 e. The molecule has 6 heteroatoms. The van der Waals surface area contributed by atoms with Crippen LogP contribution < -0.4 is 10.2 Å². The first-order chi connectivity index (χ1) is 14.7. The molecule has 0 spiro atoms. The number of nitrogens with one attached hydrogen (secondary N) is 1. The standard InChI is InChI=1S/C24H19N3O2S/c28-19-12-5-4-11-18(19)27-23(22(26-24(27)30)17-10-6-7-15-25-17)21-14-13-20(29-21)16-8-2-1-3-9-16/h1-15,22-23,28H,(H,26,30)/t22-,23+/m1/s1. The molecule has 0 saturated carbocycles. The predicted molar refractivity (Wildman–Crippen MR) is 120 cm³/mol. The van der Waals surface area contributed by atoms with E-state index in [1.807, 2.05) is 77.7 Å². The molecule has 2 aromatic heterocycles. The lowest BCUT2D eigenvalue weighted by atomic mass is 10.0. The number of thiocarbonyl (C=S) groups is 1. The van der Waals surface area contributed by atoms with Gasteiger partial charge in [-0.3, -0.25) is 4.98 Å². The highest BCUT2D eigenvalue weighted by molar-refractivity contribution is 7.80. The molecule has 1 aliphatic rings. The predicted octanol–water partition coefficient (Wildman–Crippen LogP) is 5.22. The molecule has 0 bridgehead atoms. The number of hydrogen-bond donors (Lipinski definition) is 2. The minimum atomic E-state index is -0.307.